The van der Waals surface area contributed by atoms with Gasteiger partial charge < -0.3 is 29.6 Å². The molecule has 0 spiro atoms. The van der Waals surface area contributed by atoms with Gasteiger partial charge in [0.2, 0.25) is 0 Å². The highest BCUT2D eigenvalue weighted by Crippen LogP contribution is 2.38. The van der Waals surface area contributed by atoms with Gasteiger partial charge in [-0.15, -0.1) is 20.4 Å². The summed E-state index contributed by atoms with van der Waals surface area (Å²) in [6.07, 6.45) is 6.75. The summed E-state index contributed by atoms with van der Waals surface area (Å²) in [5.74, 6) is 0.0174. The van der Waals surface area contributed by atoms with E-state index in [1.807, 2.05) is 0 Å². The van der Waals surface area contributed by atoms with Gasteiger partial charge in [0.25, 0.3) is 0 Å². The second-order valence-electron chi connectivity index (χ2n) is 16.3. The molecule has 26 nitrogen and oxygen atoms in total. The lowest BCUT2D eigenvalue weighted by Gasteiger charge is -2.18. The van der Waals surface area contributed by atoms with Crippen molar-refractivity contribution in [2.24, 2.45) is 0 Å². The number of para-hydroxylation sites is 2. The summed E-state index contributed by atoms with van der Waals surface area (Å²) in [4.78, 5) is 39.5. The smallest absolute Gasteiger partial charge is 0.341 e. The summed E-state index contributed by atoms with van der Waals surface area (Å²) in [7, 11) is 1.10. The second-order valence-corrected chi connectivity index (χ2v) is 21.1. The van der Waals surface area contributed by atoms with Gasteiger partial charge in [-0.1, -0.05) is 12.1 Å². The Morgan fingerprint density at radius 1 is 0.553 bits per heavy atom. The van der Waals surface area contributed by atoms with Crippen LogP contribution in [0, 0.1) is 11.6 Å². The molecule has 0 saturated heterocycles. The Morgan fingerprint density at radius 3 is 1.18 bits per heavy atom. The van der Waals surface area contributed by atoms with Crippen LogP contribution in [0.4, 0.5) is 18.4 Å². The van der Waals surface area contributed by atoms with Gasteiger partial charge in [-0.2, -0.15) is 19.6 Å². The van der Waals surface area contributed by atoms with Crippen LogP contribution in [0.1, 0.15) is 37.1 Å². The van der Waals surface area contributed by atoms with E-state index in [4.69, 9.17) is 18.9 Å². The maximum Gasteiger partial charge on any atom is 0.341 e. The quantitative estimate of drug-likeness (QED) is 0.124. The standard InChI is InChI=1S/2C23H25FN8O5S/c2*1-14(10-19-26-11-15(24)12-27-19)38(34,35)13-20-28-29-22(16-8-9-31(30-16)23(33)25-2)32(20)21-17(36-3)6-5-7-18(21)37-4/h2*5-9,11-12,14H,10,13H2,1-4H3,(H,25,33)/t2*14-/m10/s1. The Bertz CT molecular complexity index is 3290. The number of halogens is 2. The summed E-state index contributed by atoms with van der Waals surface area (Å²) >= 11 is 0. The maximum absolute atomic E-state index is 13.4. The fourth-order valence-corrected chi connectivity index (χ4v) is 9.84. The van der Waals surface area contributed by atoms with Crippen molar-refractivity contribution >= 4 is 31.7 Å². The van der Waals surface area contributed by atoms with Gasteiger partial charge in [-0.3, -0.25) is 9.13 Å². The largest absolute Gasteiger partial charge is 0.494 e. The molecule has 0 unspecified atom stereocenters. The predicted molar refractivity (Wildman–Crippen MR) is 267 cm³/mol. The highest BCUT2D eigenvalue weighted by Gasteiger charge is 2.32. The molecule has 0 aliphatic heterocycles. The number of ether oxygens (including phenoxy) is 4. The average Bonchev–Trinajstić information content (AvgIpc) is 4.28. The topological polar surface area (TPSA) is 312 Å². The van der Waals surface area contributed by atoms with Crippen LogP contribution in [0.5, 0.6) is 23.0 Å². The van der Waals surface area contributed by atoms with E-state index in [2.05, 4.69) is 61.2 Å². The van der Waals surface area contributed by atoms with Crippen LogP contribution in [0.25, 0.3) is 34.4 Å². The number of amides is 2. The SMILES string of the molecule is CNC(=O)n1ccc(-c2nnc(CS(=O)(=O)[C@@H](C)Cc3ncc(F)cn3)n2-c2c(OC)cccc2OC)n1.CNC(=O)n1ccc(-c2nnc(CS(=O)(=O)[C@H](C)Cc3ncc(F)cn3)n2-c2c(OC)cccc2OC)n1. The van der Waals surface area contributed by atoms with E-state index in [1.165, 1.54) is 77.9 Å². The van der Waals surface area contributed by atoms with Crippen LogP contribution in [0.2, 0.25) is 0 Å². The van der Waals surface area contributed by atoms with Crippen molar-refractivity contribution in [3.8, 4) is 57.4 Å². The molecule has 30 heteroatoms. The van der Waals surface area contributed by atoms with Gasteiger partial charge in [0.1, 0.15) is 68.9 Å². The molecule has 2 N–H and O–H groups in total. The summed E-state index contributed by atoms with van der Waals surface area (Å²) < 4.78 is 107. The molecule has 2 aromatic carbocycles. The molecular weight excluding hydrogens is 1040 g/mol. The molecule has 8 rings (SSSR count). The minimum Gasteiger partial charge on any atom is -0.494 e. The molecule has 0 radical (unpaired) electrons. The van der Waals surface area contributed by atoms with Crippen molar-refractivity contribution in [1.82, 2.24) is 79.7 Å². The first-order valence-electron chi connectivity index (χ1n) is 22.6. The third-order valence-electron chi connectivity index (χ3n) is 11.4. The summed E-state index contributed by atoms with van der Waals surface area (Å²) in [6.45, 7) is 3.02. The van der Waals surface area contributed by atoms with Crippen LogP contribution < -0.4 is 29.6 Å². The molecule has 6 aromatic heterocycles. The molecule has 76 heavy (non-hydrogen) atoms. The number of nitrogens with one attached hydrogen (secondary N) is 2. The summed E-state index contributed by atoms with van der Waals surface area (Å²) in [6, 6.07) is 12.3. The molecule has 0 fully saturated rings. The Hall–Kier alpha value is -8.80. The van der Waals surface area contributed by atoms with E-state index in [0.29, 0.717) is 34.4 Å². The van der Waals surface area contributed by atoms with E-state index >= 15 is 0 Å². The van der Waals surface area contributed by atoms with Gasteiger partial charge in [0, 0.05) is 39.3 Å². The van der Waals surface area contributed by atoms with Gasteiger partial charge in [0.05, 0.1) is 63.7 Å². The van der Waals surface area contributed by atoms with Gasteiger partial charge in [-0.05, 0) is 50.2 Å². The van der Waals surface area contributed by atoms with Crippen molar-refractivity contribution in [3.63, 3.8) is 0 Å². The molecule has 2 amide bonds. The summed E-state index contributed by atoms with van der Waals surface area (Å²) in [5.41, 5.74) is 1.22. The van der Waals surface area contributed by atoms with Crippen LogP contribution >= 0.6 is 0 Å². The first kappa shape index (κ1) is 55.0. The number of sulfone groups is 2. The zero-order valence-electron chi connectivity index (χ0n) is 42.0. The highest BCUT2D eigenvalue weighted by molar-refractivity contribution is 7.91. The maximum atomic E-state index is 13.4. The molecule has 0 aliphatic carbocycles. The third kappa shape index (κ3) is 12.1. The Kier molecular flexibility index (Phi) is 17.1. The molecule has 0 saturated carbocycles. The zero-order chi connectivity index (χ0) is 54.9. The van der Waals surface area contributed by atoms with Crippen LogP contribution in [-0.4, -0.2) is 151 Å². The van der Waals surface area contributed by atoms with Gasteiger partial charge in [0.15, 0.2) is 54.6 Å². The number of carbonyl (C=O) groups excluding carboxylic acids is 2. The van der Waals surface area contributed by atoms with E-state index < -0.39 is 65.4 Å². The monoisotopic (exact) mass is 1090 g/mol. The number of benzene rings is 2. The first-order valence-corrected chi connectivity index (χ1v) is 26.0. The van der Waals surface area contributed by atoms with Crippen molar-refractivity contribution in [2.45, 2.75) is 48.7 Å². The van der Waals surface area contributed by atoms with Crippen LogP contribution in [0.3, 0.4) is 0 Å². The molecule has 0 aliphatic rings. The predicted octanol–water partition coefficient (Wildman–Crippen LogP) is 3.62. The number of hydrogen-bond acceptors (Lipinski definition) is 20. The Labute approximate surface area is 433 Å². The van der Waals surface area contributed by atoms with Crippen LogP contribution in [0.15, 0.2) is 85.7 Å². The number of hydrogen-bond donors (Lipinski definition) is 2. The molecule has 8 aromatic rings. The lowest BCUT2D eigenvalue weighted by Crippen LogP contribution is -2.25. The lowest BCUT2D eigenvalue weighted by atomic mass is 10.2. The van der Waals surface area contributed by atoms with Crippen LogP contribution in [-0.2, 0) is 44.0 Å². The van der Waals surface area contributed by atoms with Gasteiger partial charge in [-0.25, -0.2) is 55.1 Å². The Morgan fingerprint density at radius 2 is 0.882 bits per heavy atom. The average molecular weight is 1090 g/mol. The first-order chi connectivity index (χ1) is 36.4. The molecule has 400 valence electrons. The fourth-order valence-electron chi connectivity index (χ4n) is 7.37. The van der Waals surface area contributed by atoms with E-state index in [1.54, 1.807) is 48.5 Å². The van der Waals surface area contributed by atoms with Crippen molar-refractivity contribution in [1.29, 1.82) is 0 Å². The lowest BCUT2D eigenvalue weighted by molar-refractivity contribution is 0.241. The number of methoxy groups -OCH3 is 4. The molecule has 2 atom stereocenters. The van der Waals surface area contributed by atoms with E-state index in [-0.39, 0.29) is 59.2 Å². The third-order valence-corrected chi connectivity index (χ3v) is 15.5. The van der Waals surface area contributed by atoms with E-state index in [9.17, 15) is 35.2 Å². The molecular formula is C46H50F2N16O10S2. The normalized spacial score (nSPS) is 12.2. The summed E-state index contributed by atoms with van der Waals surface area (Å²) in [5, 5.41) is 28.4. The number of nitrogens with zero attached hydrogens (tertiary/aromatic N) is 14. The van der Waals surface area contributed by atoms with Crippen molar-refractivity contribution < 1.29 is 54.2 Å². The fraction of sp³-hybridized carbons (Fsp3) is 0.304. The molecule has 0 bridgehead atoms. The number of aromatic nitrogens is 14. The minimum absolute atomic E-state index is 0.0296. The van der Waals surface area contributed by atoms with E-state index in [0.717, 1.165) is 34.2 Å². The minimum atomic E-state index is -3.84. The molecule has 6 heterocycles. The number of carbonyl (C=O) groups is 2. The Balaban J connectivity index is 0.000000221. The van der Waals surface area contributed by atoms with Crippen molar-refractivity contribution in [2.75, 3.05) is 42.5 Å². The van der Waals surface area contributed by atoms with Gasteiger partial charge >= 0.3 is 12.1 Å². The highest BCUT2D eigenvalue weighted by atomic mass is 32.2. The second kappa shape index (κ2) is 23.6. The number of rotatable bonds is 18. The zero-order valence-corrected chi connectivity index (χ0v) is 43.6. The van der Waals surface area contributed by atoms with Crippen molar-refractivity contribution in [3.05, 3.63) is 121 Å².